The van der Waals surface area contributed by atoms with Crippen molar-refractivity contribution in [2.75, 3.05) is 178 Å². The van der Waals surface area contributed by atoms with Crippen LogP contribution >= 0.6 is 0 Å². The summed E-state index contributed by atoms with van der Waals surface area (Å²) in [6.45, 7) is 24.5. The fourth-order valence-electron chi connectivity index (χ4n) is 3.78. The lowest BCUT2D eigenvalue weighted by Gasteiger charge is -2.20. The molecule has 0 fully saturated rings. The molecule has 4 unspecified atom stereocenters. The van der Waals surface area contributed by atoms with Gasteiger partial charge in [0.05, 0.1) is 203 Å². The first-order valence-electron chi connectivity index (χ1n) is 19.0. The maximum Gasteiger partial charge on any atom is 0.0781 e. The molecule has 0 rings (SSSR count). The predicted octanol–water partition coefficient (Wildman–Crippen LogP) is 1.97. The summed E-state index contributed by atoms with van der Waals surface area (Å²) < 4.78 is 82.6. The second kappa shape index (κ2) is 43.8. The molecule has 53 heavy (non-hydrogen) atoms. The zero-order valence-corrected chi connectivity index (χ0v) is 33.3. The number of hydrogen-bond acceptors (Lipinski definition) is 16. The van der Waals surface area contributed by atoms with Crippen molar-refractivity contribution >= 4 is 0 Å². The van der Waals surface area contributed by atoms with Crippen LogP contribution in [0.3, 0.4) is 0 Å². The van der Waals surface area contributed by atoms with Gasteiger partial charge in [-0.1, -0.05) is 6.08 Å². The van der Waals surface area contributed by atoms with Crippen LogP contribution in [0.15, 0.2) is 12.7 Å². The second-order valence-electron chi connectivity index (χ2n) is 11.8. The van der Waals surface area contributed by atoms with Gasteiger partial charge in [0.25, 0.3) is 0 Å². The number of aliphatic hydroxyl groups is 1. The standard InChI is InChI=1S/C37H74O16/c1-6-7-39-8-9-40-10-11-41-12-13-42-14-15-43-16-17-44-18-19-45-20-21-46-22-23-47-24-25-48-26-27-49-28-29-50-31-35(3)52-33-37(5)53-32-36(4)51-30-34(2)38/h6,34-38H,1,7-33H2,2-5H3. The highest BCUT2D eigenvalue weighted by molar-refractivity contribution is 4.63. The quantitative estimate of drug-likeness (QED) is 0.0706. The number of hydrogen-bond donors (Lipinski definition) is 1. The highest BCUT2D eigenvalue weighted by atomic mass is 16.6. The molecule has 0 heterocycles. The van der Waals surface area contributed by atoms with Gasteiger partial charge in [0.15, 0.2) is 0 Å². The largest absolute Gasteiger partial charge is 0.391 e. The average molecular weight is 775 g/mol. The number of aliphatic hydroxyl groups excluding tert-OH is 1. The summed E-state index contributed by atoms with van der Waals surface area (Å²) in [5.41, 5.74) is 0. The molecule has 0 saturated heterocycles. The van der Waals surface area contributed by atoms with Crippen LogP contribution in [0.5, 0.6) is 0 Å². The fourth-order valence-corrected chi connectivity index (χ4v) is 3.78. The van der Waals surface area contributed by atoms with E-state index in [1.54, 1.807) is 13.0 Å². The molecule has 16 nitrogen and oxygen atoms in total. The molecule has 0 aromatic heterocycles. The molecule has 0 amide bonds. The Morgan fingerprint density at radius 1 is 0.340 bits per heavy atom. The minimum Gasteiger partial charge on any atom is -0.391 e. The molecular weight excluding hydrogens is 700 g/mol. The Balaban J connectivity index is 3.19. The third kappa shape index (κ3) is 45.4. The van der Waals surface area contributed by atoms with Crippen LogP contribution in [0.4, 0.5) is 0 Å². The molecule has 0 aromatic rings. The first kappa shape index (κ1) is 52.1. The third-order valence-corrected chi connectivity index (χ3v) is 6.53. The minimum atomic E-state index is -0.483. The van der Waals surface area contributed by atoms with Gasteiger partial charge in [-0.05, 0) is 27.7 Å². The molecule has 1 N–H and O–H groups in total. The van der Waals surface area contributed by atoms with Crippen molar-refractivity contribution in [2.24, 2.45) is 0 Å². The van der Waals surface area contributed by atoms with Crippen molar-refractivity contribution < 1.29 is 76.2 Å². The maximum atomic E-state index is 9.27. The average Bonchev–Trinajstić information content (AvgIpc) is 3.15. The normalized spacial score (nSPS) is 14.1. The lowest BCUT2D eigenvalue weighted by molar-refractivity contribution is -0.0887. The molecule has 4 atom stereocenters. The van der Waals surface area contributed by atoms with E-state index in [0.29, 0.717) is 178 Å². The summed E-state index contributed by atoms with van der Waals surface area (Å²) in [5, 5.41) is 9.27. The van der Waals surface area contributed by atoms with Gasteiger partial charge in [0.1, 0.15) is 0 Å². The van der Waals surface area contributed by atoms with Crippen LogP contribution in [0.2, 0.25) is 0 Å². The number of ether oxygens (including phenoxy) is 15. The topological polar surface area (TPSA) is 159 Å². The lowest BCUT2D eigenvalue weighted by Crippen LogP contribution is -2.28. The SMILES string of the molecule is C=CCOCCOCCOCCOCCOCCOCCOCCOCCOCCOCCOCCOCC(C)OCC(C)OCC(C)OCC(C)O. The van der Waals surface area contributed by atoms with Gasteiger partial charge < -0.3 is 76.2 Å². The van der Waals surface area contributed by atoms with Crippen molar-refractivity contribution in [3.05, 3.63) is 12.7 Å². The Hall–Kier alpha value is -0.900. The van der Waals surface area contributed by atoms with Crippen LogP contribution in [0.1, 0.15) is 27.7 Å². The predicted molar refractivity (Wildman–Crippen MR) is 198 cm³/mol. The molecule has 0 aliphatic heterocycles. The van der Waals surface area contributed by atoms with Crippen LogP contribution in [0, 0.1) is 0 Å². The molecule has 16 heteroatoms. The number of rotatable bonds is 46. The Bertz CT molecular complexity index is 708. The molecule has 0 spiro atoms. The molecule has 0 aliphatic carbocycles. The first-order chi connectivity index (χ1) is 26.0. The summed E-state index contributed by atoms with van der Waals surface area (Å²) in [7, 11) is 0. The van der Waals surface area contributed by atoms with Crippen molar-refractivity contribution in [3.8, 4) is 0 Å². The zero-order chi connectivity index (χ0) is 38.7. The highest BCUT2D eigenvalue weighted by Crippen LogP contribution is 2.01. The summed E-state index contributed by atoms with van der Waals surface area (Å²) >= 11 is 0. The monoisotopic (exact) mass is 774 g/mol. The Labute approximate surface area is 319 Å². The van der Waals surface area contributed by atoms with E-state index in [9.17, 15) is 5.11 Å². The zero-order valence-electron chi connectivity index (χ0n) is 33.3. The van der Waals surface area contributed by atoms with Gasteiger partial charge in [-0.3, -0.25) is 0 Å². The van der Waals surface area contributed by atoms with E-state index in [2.05, 4.69) is 6.58 Å². The van der Waals surface area contributed by atoms with E-state index in [1.807, 2.05) is 20.8 Å². The van der Waals surface area contributed by atoms with Crippen molar-refractivity contribution in [1.29, 1.82) is 0 Å². The maximum absolute atomic E-state index is 9.27. The van der Waals surface area contributed by atoms with Gasteiger partial charge in [0, 0.05) is 0 Å². The van der Waals surface area contributed by atoms with E-state index in [-0.39, 0.29) is 18.3 Å². The van der Waals surface area contributed by atoms with E-state index in [1.165, 1.54) is 0 Å². The third-order valence-electron chi connectivity index (χ3n) is 6.53. The van der Waals surface area contributed by atoms with Crippen LogP contribution in [-0.2, 0) is 71.1 Å². The van der Waals surface area contributed by atoms with E-state index < -0.39 is 6.10 Å². The molecule has 318 valence electrons. The summed E-state index contributed by atoms with van der Waals surface area (Å²) in [4.78, 5) is 0. The fraction of sp³-hybridized carbons (Fsp3) is 0.946. The lowest BCUT2D eigenvalue weighted by atomic mass is 10.3. The molecule has 0 bridgehead atoms. The molecule has 0 aliphatic rings. The molecule has 0 aromatic carbocycles. The van der Waals surface area contributed by atoms with Crippen LogP contribution in [-0.4, -0.2) is 208 Å². The van der Waals surface area contributed by atoms with Crippen molar-refractivity contribution in [1.82, 2.24) is 0 Å². The minimum absolute atomic E-state index is 0.0543. The Morgan fingerprint density at radius 3 is 0.830 bits per heavy atom. The van der Waals surface area contributed by atoms with Crippen molar-refractivity contribution in [2.45, 2.75) is 52.1 Å². The van der Waals surface area contributed by atoms with Gasteiger partial charge in [-0.25, -0.2) is 0 Å². The van der Waals surface area contributed by atoms with Gasteiger partial charge in [-0.2, -0.15) is 0 Å². The van der Waals surface area contributed by atoms with E-state index in [4.69, 9.17) is 71.1 Å². The first-order valence-corrected chi connectivity index (χ1v) is 19.0. The Morgan fingerprint density at radius 2 is 0.566 bits per heavy atom. The second-order valence-corrected chi connectivity index (χ2v) is 11.8. The van der Waals surface area contributed by atoms with Gasteiger partial charge in [-0.15, -0.1) is 6.58 Å². The van der Waals surface area contributed by atoms with Gasteiger partial charge >= 0.3 is 0 Å². The van der Waals surface area contributed by atoms with E-state index >= 15 is 0 Å². The summed E-state index contributed by atoms with van der Waals surface area (Å²) in [6.07, 6.45) is 1.02. The molecule has 0 saturated carbocycles. The van der Waals surface area contributed by atoms with Crippen LogP contribution < -0.4 is 0 Å². The highest BCUT2D eigenvalue weighted by Gasteiger charge is 2.11. The Kier molecular flexibility index (Phi) is 43.1. The molecule has 0 radical (unpaired) electrons. The van der Waals surface area contributed by atoms with Crippen molar-refractivity contribution in [3.63, 3.8) is 0 Å². The summed E-state index contributed by atoms with van der Waals surface area (Å²) in [6, 6.07) is 0. The van der Waals surface area contributed by atoms with Gasteiger partial charge in [0.2, 0.25) is 0 Å². The molecular formula is C37H74O16. The van der Waals surface area contributed by atoms with Crippen LogP contribution in [0.25, 0.3) is 0 Å². The summed E-state index contributed by atoms with van der Waals surface area (Å²) in [5.74, 6) is 0. The smallest absolute Gasteiger partial charge is 0.0781 e. The van der Waals surface area contributed by atoms with E-state index in [0.717, 1.165) is 0 Å².